The summed E-state index contributed by atoms with van der Waals surface area (Å²) in [6.07, 6.45) is 8.62. The van der Waals surface area contributed by atoms with Gasteiger partial charge >= 0.3 is 376 Å². The van der Waals surface area contributed by atoms with E-state index in [1.807, 2.05) is 36.4 Å². The molecule has 0 spiro atoms. The molecule has 6 heteroatoms. The van der Waals surface area contributed by atoms with Gasteiger partial charge in [-0.3, -0.25) is 0 Å². The van der Waals surface area contributed by atoms with Gasteiger partial charge in [0.2, 0.25) is 0 Å². The molecule has 6 rings (SSSR count). The van der Waals surface area contributed by atoms with Crippen molar-refractivity contribution in [2.45, 2.75) is 85.4 Å². The van der Waals surface area contributed by atoms with E-state index in [1.165, 1.54) is 73.0 Å². The molecule has 1 aliphatic carbocycles. The summed E-state index contributed by atoms with van der Waals surface area (Å²) in [5, 5.41) is 0. The first-order chi connectivity index (χ1) is 29.7. The molecule has 318 valence electrons. The number of carbonyl (C=O) groups excluding carboxylic acids is 2. The Morgan fingerprint density at radius 3 is 1.21 bits per heavy atom. The quantitative estimate of drug-likeness (QED) is 0.0512. The van der Waals surface area contributed by atoms with Gasteiger partial charge in [-0.2, -0.15) is 0 Å². The van der Waals surface area contributed by atoms with E-state index in [1.54, 1.807) is 24.3 Å². The van der Waals surface area contributed by atoms with E-state index in [-0.39, 0.29) is 37.0 Å². The van der Waals surface area contributed by atoms with Crippen molar-refractivity contribution in [2.24, 2.45) is 17.3 Å². The van der Waals surface area contributed by atoms with Crippen LogP contribution in [0.2, 0.25) is 13.3 Å². The summed E-state index contributed by atoms with van der Waals surface area (Å²) in [5.41, 5.74) is 0.365. The van der Waals surface area contributed by atoms with Crippen molar-refractivity contribution >= 4 is 56.8 Å². The van der Waals surface area contributed by atoms with Gasteiger partial charge in [-0.05, 0) is 0 Å². The molecule has 2 atom stereocenters. The zero-order chi connectivity index (χ0) is 43.1. The topological polar surface area (TPSA) is 52.6 Å². The molecule has 61 heavy (non-hydrogen) atoms. The number of allylic oxidation sites excluding steroid dienone is 2. The molecular weight excluding hydrogens is 916 g/mol. The molecule has 0 radical (unpaired) electrons. The summed E-state index contributed by atoms with van der Waals surface area (Å²) < 4.78 is 23.5. The Bertz CT molecular complexity index is 1980. The molecule has 1 aliphatic rings. The Labute approximate surface area is 373 Å². The minimum atomic E-state index is -3.80. The molecule has 1 fully saturated rings. The molecule has 0 bridgehead atoms. The molecule has 1 saturated carbocycles. The predicted octanol–water partition coefficient (Wildman–Crippen LogP) is 11.9. The van der Waals surface area contributed by atoms with Gasteiger partial charge in [0.25, 0.3) is 0 Å². The Balaban J connectivity index is 1.55. The summed E-state index contributed by atoms with van der Waals surface area (Å²) in [6, 6.07) is 51.8. The Kier molecular flexibility index (Phi) is 16.9. The van der Waals surface area contributed by atoms with Crippen LogP contribution in [0.1, 0.15) is 92.9 Å². The minimum absolute atomic E-state index is 0.0277. The number of unbranched alkanes of at least 4 members (excludes halogenated alkanes) is 3. The van der Waals surface area contributed by atoms with Crippen molar-refractivity contribution in [1.82, 2.24) is 0 Å². The second-order valence-corrected chi connectivity index (χ2v) is 39.0. The summed E-state index contributed by atoms with van der Waals surface area (Å²) >= 11 is -6.95. The molecule has 0 heterocycles. The zero-order valence-corrected chi connectivity index (χ0v) is 41.8. The number of esters is 2. The second kappa shape index (κ2) is 22.3. The summed E-state index contributed by atoms with van der Waals surface area (Å²) in [7, 11) is 0. The van der Waals surface area contributed by atoms with Crippen LogP contribution in [0.25, 0.3) is 0 Å². The predicted molar refractivity (Wildman–Crippen MR) is 259 cm³/mol. The Morgan fingerprint density at radius 2 is 0.869 bits per heavy atom. The average Bonchev–Trinajstić information content (AvgIpc) is 3.71. The third-order valence-electron chi connectivity index (χ3n) is 13.5. The molecule has 5 aromatic rings. The molecule has 0 aliphatic heterocycles. The van der Waals surface area contributed by atoms with E-state index < -0.39 is 37.1 Å². The number of carbonyl (C=O) groups is 2. The van der Waals surface area contributed by atoms with Crippen LogP contribution in [-0.4, -0.2) is 56.8 Å². The van der Waals surface area contributed by atoms with Crippen molar-refractivity contribution < 1.29 is 19.1 Å². The number of hydrogen-bond donors (Lipinski definition) is 0. The number of hydrogen-bond acceptors (Lipinski definition) is 4. The maximum absolute atomic E-state index is 13.8. The molecule has 5 aromatic carbocycles. The first-order valence-electron chi connectivity index (χ1n) is 22.7. The first kappa shape index (κ1) is 46.4. The fourth-order valence-electron chi connectivity index (χ4n) is 10.3. The molecule has 0 N–H and O–H groups in total. The standard InChI is InChI=1S/C43H39GeO4.3C4H9.Sn/c1-3-34-29-43(31-47-41(45)35-19-9-4-10-20-35,32-48-42(46)36-21-11-5-12-22-36)30-40(34)33(2)44(37-23-13-6-14-24-37,38-25-15-7-16-26-38)39-27-17-8-18-28-39;3*1-3-4-2;/h4-28,34,40H,1-2,29-32H2;3*1,3-4H2,2H3;/t34-,40+;;;;/m0..../s1. The van der Waals surface area contributed by atoms with Crippen LogP contribution in [-0.2, 0) is 9.47 Å². The monoisotopic (exact) mass is 984 g/mol. The summed E-state index contributed by atoms with van der Waals surface area (Å²) in [5.74, 6) is -0.584. The van der Waals surface area contributed by atoms with E-state index in [4.69, 9.17) is 22.6 Å². The van der Waals surface area contributed by atoms with Crippen molar-refractivity contribution in [3.8, 4) is 0 Å². The van der Waals surface area contributed by atoms with E-state index in [2.05, 4.69) is 112 Å². The Hall–Kier alpha value is -4.14. The fourth-order valence-corrected chi connectivity index (χ4v) is 37.7. The molecule has 0 aromatic heterocycles. The Morgan fingerprint density at radius 1 is 0.541 bits per heavy atom. The fraction of sp³-hybridized carbons (Fsp3) is 0.345. The van der Waals surface area contributed by atoms with Gasteiger partial charge < -0.3 is 0 Å². The number of ether oxygens (including phenoxy) is 2. The van der Waals surface area contributed by atoms with Gasteiger partial charge in [0.1, 0.15) is 0 Å². The maximum atomic E-state index is 13.8. The molecule has 4 nitrogen and oxygen atoms in total. The van der Waals surface area contributed by atoms with Crippen LogP contribution in [0.4, 0.5) is 0 Å². The van der Waals surface area contributed by atoms with Gasteiger partial charge in [0, 0.05) is 0 Å². The molecule has 0 saturated heterocycles. The van der Waals surface area contributed by atoms with E-state index in [9.17, 15) is 9.59 Å². The normalized spacial score (nSPS) is 16.1. The van der Waals surface area contributed by atoms with E-state index in [0.29, 0.717) is 17.5 Å². The molecular formula is C55H66GeO4Sn. The number of rotatable bonds is 22. The van der Waals surface area contributed by atoms with Gasteiger partial charge in [-0.15, -0.1) is 0 Å². The van der Waals surface area contributed by atoms with E-state index in [0.717, 1.165) is 6.42 Å². The second-order valence-electron chi connectivity index (χ2n) is 17.5. The van der Waals surface area contributed by atoms with Crippen LogP contribution in [0.5, 0.6) is 0 Å². The van der Waals surface area contributed by atoms with Crippen LogP contribution < -0.4 is 13.2 Å². The van der Waals surface area contributed by atoms with Crippen molar-refractivity contribution in [1.29, 1.82) is 0 Å². The zero-order valence-electron chi connectivity index (χ0n) is 36.8. The molecule has 0 unspecified atom stereocenters. The van der Waals surface area contributed by atoms with Crippen molar-refractivity contribution in [3.05, 3.63) is 184 Å². The van der Waals surface area contributed by atoms with Gasteiger partial charge in [0.05, 0.1) is 0 Å². The third kappa shape index (κ3) is 10.7. The van der Waals surface area contributed by atoms with Crippen LogP contribution >= 0.6 is 0 Å². The van der Waals surface area contributed by atoms with Crippen molar-refractivity contribution in [2.75, 3.05) is 13.2 Å². The van der Waals surface area contributed by atoms with Gasteiger partial charge in [0.15, 0.2) is 0 Å². The van der Waals surface area contributed by atoms with Crippen LogP contribution in [0.15, 0.2) is 173 Å². The SMILES string of the molecule is C=[C]([C@H]1CC(COC(=O)c2ccccc2)(COC(=O)c2ccccc2)C[C@@H]1[C](=C)[Sn]([CH2]CCC)([CH2]CCC)[CH2]CCC)[Ge]([c]1ccccc1)([c]1ccccc1)[c]1ccccc1. The summed E-state index contributed by atoms with van der Waals surface area (Å²) in [4.78, 5) is 27.6. The number of benzene rings is 5. The molecule has 0 amide bonds. The third-order valence-corrected chi connectivity index (χ3v) is 40.1. The van der Waals surface area contributed by atoms with Crippen molar-refractivity contribution in [3.63, 3.8) is 0 Å². The van der Waals surface area contributed by atoms with E-state index >= 15 is 0 Å². The first-order valence-corrected chi connectivity index (χ1v) is 34.4. The van der Waals surface area contributed by atoms with Gasteiger partial charge in [-0.1, -0.05) is 0 Å². The van der Waals surface area contributed by atoms with Crippen LogP contribution in [0, 0.1) is 17.3 Å². The van der Waals surface area contributed by atoms with Crippen LogP contribution in [0.3, 0.4) is 0 Å². The summed E-state index contributed by atoms with van der Waals surface area (Å²) in [6.45, 7) is 17.9. The van der Waals surface area contributed by atoms with Gasteiger partial charge in [-0.25, -0.2) is 0 Å². The average molecular weight is 982 g/mol.